The van der Waals surface area contributed by atoms with Gasteiger partial charge in [0, 0.05) is 24.3 Å². The molecule has 0 saturated heterocycles. The second-order valence-corrected chi connectivity index (χ2v) is 7.25. The molecule has 0 spiro atoms. The zero-order chi connectivity index (χ0) is 19.7. The molecule has 3 amide bonds. The molecule has 0 aromatic heterocycles. The highest BCUT2D eigenvalue weighted by Gasteiger charge is 2.30. The summed E-state index contributed by atoms with van der Waals surface area (Å²) < 4.78 is 0. The van der Waals surface area contributed by atoms with Crippen molar-refractivity contribution in [2.24, 2.45) is 0 Å². The van der Waals surface area contributed by atoms with E-state index in [-0.39, 0.29) is 5.91 Å². The highest BCUT2D eigenvalue weighted by Crippen LogP contribution is 2.37. The van der Waals surface area contributed by atoms with E-state index >= 15 is 0 Å². The van der Waals surface area contributed by atoms with Gasteiger partial charge < -0.3 is 15.5 Å². The largest absolute Gasteiger partial charge is 0.318 e. The van der Waals surface area contributed by atoms with Gasteiger partial charge in [-0.2, -0.15) is 0 Å². The van der Waals surface area contributed by atoms with Crippen LogP contribution in [0.1, 0.15) is 36.5 Å². The molecule has 0 unspecified atom stereocenters. The van der Waals surface area contributed by atoms with Crippen molar-refractivity contribution in [2.45, 2.75) is 39.0 Å². The molecule has 2 heterocycles. The smallest absolute Gasteiger partial charge is 0.314 e. The van der Waals surface area contributed by atoms with Gasteiger partial charge in [0.15, 0.2) is 0 Å². The molecule has 144 valence electrons. The third-order valence-corrected chi connectivity index (χ3v) is 5.36. The van der Waals surface area contributed by atoms with Gasteiger partial charge in [0.2, 0.25) is 5.91 Å². The van der Waals surface area contributed by atoms with E-state index in [1.54, 1.807) is 12.1 Å². The average Bonchev–Trinajstić information content (AvgIpc) is 2.71. The lowest BCUT2D eigenvalue weighted by Gasteiger charge is -2.35. The van der Waals surface area contributed by atoms with Crippen LogP contribution in [0.3, 0.4) is 0 Å². The molecule has 2 aliphatic heterocycles. The van der Waals surface area contributed by atoms with Gasteiger partial charge in [-0.1, -0.05) is 19.1 Å². The Kier molecular flexibility index (Phi) is 4.86. The predicted octanol–water partition coefficient (Wildman–Crippen LogP) is 3.05. The topological polar surface area (TPSA) is 78.5 Å². The highest BCUT2D eigenvalue weighted by molar-refractivity contribution is 6.43. The van der Waals surface area contributed by atoms with Crippen LogP contribution in [0.15, 0.2) is 36.4 Å². The maximum atomic E-state index is 12.4. The number of hydrogen-bond acceptors (Lipinski definition) is 3. The van der Waals surface area contributed by atoms with Gasteiger partial charge in [-0.3, -0.25) is 14.4 Å². The van der Waals surface area contributed by atoms with Crippen LogP contribution in [-0.4, -0.2) is 24.3 Å². The molecule has 2 N–H and O–H groups in total. The number of rotatable bonds is 3. The van der Waals surface area contributed by atoms with Crippen molar-refractivity contribution < 1.29 is 14.4 Å². The first-order valence-corrected chi connectivity index (χ1v) is 9.72. The fourth-order valence-electron chi connectivity index (χ4n) is 3.92. The van der Waals surface area contributed by atoms with E-state index in [0.29, 0.717) is 24.2 Å². The van der Waals surface area contributed by atoms with Crippen LogP contribution >= 0.6 is 0 Å². The van der Waals surface area contributed by atoms with Crippen molar-refractivity contribution in [3.8, 4) is 0 Å². The van der Waals surface area contributed by atoms with Gasteiger partial charge in [-0.25, -0.2) is 0 Å². The third kappa shape index (κ3) is 3.50. The number of benzene rings is 2. The Bertz CT molecular complexity index is 933. The second kappa shape index (κ2) is 7.46. The van der Waals surface area contributed by atoms with Gasteiger partial charge in [0.05, 0.1) is 5.69 Å². The van der Waals surface area contributed by atoms with E-state index in [1.165, 1.54) is 0 Å². The van der Waals surface area contributed by atoms with Crippen molar-refractivity contribution >= 4 is 34.8 Å². The van der Waals surface area contributed by atoms with Crippen LogP contribution in [-0.2, 0) is 33.6 Å². The molecular weight excluding hydrogens is 354 g/mol. The third-order valence-electron chi connectivity index (χ3n) is 5.36. The minimum Gasteiger partial charge on any atom is -0.318 e. The molecule has 2 aromatic carbocycles. The summed E-state index contributed by atoms with van der Waals surface area (Å²) in [7, 11) is 0. The number of aryl methyl sites for hydroxylation is 3. The van der Waals surface area contributed by atoms with Gasteiger partial charge in [-0.05, 0) is 66.6 Å². The number of carbonyl (C=O) groups excluding carboxylic acids is 3. The fourth-order valence-corrected chi connectivity index (χ4v) is 3.92. The molecule has 0 fully saturated rings. The van der Waals surface area contributed by atoms with Crippen LogP contribution in [0, 0.1) is 0 Å². The molecule has 28 heavy (non-hydrogen) atoms. The Hall–Kier alpha value is -3.15. The maximum Gasteiger partial charge on any atom is 0.314 e. The van der Waals surface area contributed by atoms with Crippen molar-refractivity contribution in [3.63, 3.8) is 0 Å². The highest BCUT2D eigenvalue weighted by atomic mass is 16.2. The van der Waals surface area contributed by atoms with Crippen molar-refractivity contribution in [2.75, 3.05) is 22.1 Å². The Balaban J connectivity index is 1.48. The number of carbonyl (C=O) groups is 3. The van der Waals surface area contributed by atoms with Crippen molar-refractivity contribution in [3.05, 3.63) is 53.1 Å². The zero-order valence-corrected chi connectivity index (χ0v) is 15.9. The first kappa shape index (κ1) is 18.2. The summed E-state index contributed by atoms with van der Waals surface area (Å²) >= 11 is 0. The number of nitrogens with zero attached hydrogens (tertiary/aromatic N) is 1. The standard InChI is InChI=1S/C22H23N3O3/c1-2-14-5-8-17(9-6-14)23-21(27)22(28)24-18-12-15-4-3-11-25-19(26)10-7-16(13-18)20(15)25/h5-6,8-9,12-13H,2-4,7,10-11H2,1H3,(H,23,27)(H,24,28). The Morgan fingerprint density at radius 2 is 1.57 bits per heavy atom. The lowest BCUT2D eigenvalue weighted by Crippen LogP contribution is -2.39. The van der Waals surface area contributed by atoms with E-state index in [0.717, 1.165) is 48.2 Å². The molecule has 2 aromatic rings. The summed E-state index contributed by atoms with van der Waals surface area (Å²) in [6.45, 7) is 2.81. The molecule has 0 bridgehead atoms. The lowest BCUT2D eigenvalue weighted by atomic mass is 9.91. The van der Waals surface area contributed by atoms with Crippen LogP contribution < -0.4 is 15.5 Å². The summed E-state index contributed by atoms with van der Waals surface area (Å²) in [4.78, 5) is 38.6. The Labute approximate surface area is 163 Å². The summed E-state index contributed by atoms with van der Waals surface area (Å²) in [5, 5.41) is 5.33. The first-order valence-electron chi connectivity index (χ1n) is 9.72. The van der Waals surface area contributed by atoms with Crippen LogP contribution in [0.25, 0.3) is 0 Å². The molecule has 0 atom stereocenters. The first-order chi connectivity index (χ1) is 13.5. The normalized spacial score (nSPS) is 15.0. The molecule has 6 heteroatoms. The number of hydrogen-bond donors (Lipinski definition) is 2. The van der Waals surface area contributed by atoms with Crippen LogP contribution in [0.2, 0.25) is 0 Å². The Morgan fingerprint density at radius 3 is 2.25 bits per heavy atom. The summed E-state index contributed by atoms with van der Waals surface area (Å²) in [5.74, 6) is -1.24. The predicted molar refractivity (Wildman–Crippen MR) is 109 cm³/mol. The van der Waals surface area contributed by atoms with E-state index < -0.39 is 11.8 Å². The fraction of sp³-hybridized carbons (Fsp3) is 0.318. The van der Waals surface area contributed by atoms with E-state index in [9.17, 15) is 14.4 Å². The van der Waals surface area contributed by atoms with E-state index in [1.807, 2.05) is 29.2 Å². The molecule has 2 aliphatic rings. The van der Waals surface area contributed by atoms with Gasteiger partial charge >= 0.3 is 11.8 Å². The molecular formula is C22H23N3O3. The van der Waals surface area contributed by atoms with Gasteiger partial charge in [0.1, 0.15) is 0 Å². The lowest BCUT2D eigenvalue weighted by molar-refractivity contribution is -0.132. The van der Waals surface area contributed by atoms with Crippen LogP contribution in [0.5, 0.6) is 0 Å². The number of amides is 3. The minimum absolute atomic E-state index is 0.165. The van der Waals surface area contributed by atoms with E-state index in [2.05, 4.69) is 17.6 Å². The summed E-state index contributed by atoms with van der Waals surface area (Å²) in [6.07, 6.45) is 3.84. The number of nitrogens with one attached hydrogen (secondary N) is 2. The van der Waals surface area contributed by atoms with Crippen molar-refractivity contribution in [1.82, 2.24) is 0 Å². The molecule has 4 rings (SSSR count). The zero-order valence-electron chi connectivity index (χ0n) is 15.9. The van der Waals surface area contributed by atoms with Crippen LogP contribution in [0.4, 0.5) is 17.1 Å². The molecule has 0 radical (unpaired) electrons. The van der Waals surface area contributed by atoms with Gasteiger partial charge in [0.25, 0.3) is 0 Å². The van der Waals surface area contributed by atoms with Crippen molar-refractivity contribution in [1.29, 1.82) is 0 Å². The Morgan fingerprint density at radius 1 is 0.929 bits per heavy atom. The summed E-state index contributed by atoms with van der Waals surface area (Å²) in [5.41, 5.74) is 5.47. The second-order valence-electron chi connectivity index (χ2n) is 7.25. The number of anilines is 3. The van der Waals surface area contributed by atoms with Gasteiger partial charge in [-0.15, -0.1) is 0 Å². The maximum absolute atomic E-state index is 12.4. The molecule has 6 nitrogen and oxygen atoms in total. The summed E-state index contributed by atoms with van der Waals surface area (Å²) in [6, 6.07) is 11.2. The molecule has 0 aliphatic carbocycles. The SMILES string of the molecule is CCc1ccc(NC(=O)C(=O)Nc2cc3c4c(c2)CCC(=O)N4CCC3)cc1. The van der Waals surface area contributed by atoms with E-state index in [4.69, 9.17) is 0 Å². The monoisotopic (exact) mass is 377 g/mol. The molecule has 0 saturated carbocycles. The average molecular weight is 377 g/mol. The minimum atomic E-state index is -0.703. The quantitative estimate of drug-likeness (QED) is 0.807.